The zero-order valence-electron chi connectivity index (χ0n) is 11.7. The predicted octanol–water partition coefficient (Wildman–Crippen LogP) is 3.06. The lowest BCUT2D eigenvalue weighted by Gasteiger charge is -2.16. The molecule has 0 aliphatic rings. The number of nitrogens with zero attached hydrogens (tertiary/aromatic N) is 1. The van der Waals surface area contributed by atoms with E-state index >= 15 is 0 Å². The second kappa shape index (κ2) is 6.48. The van der Waals surface area contributed by atoms with Gasteiger partial charge in [0.2, 0.25) is 0 Å². The van der Waals surface area contributed by atoms with Crippen LogP contribution in [0.25, 0.3) is 10.9 Å². The lowest BCUT2D eigenvalue weighted by molar-refractivity contribution is 0.243. The zero-order chi connectivity index (χ0) is 14.5. The molecule has 0 amide bonds. The van der Waals surface area contributed by atoms with E-state index in [-0.39, 0.29) is 12.6 Å². The summed E-state index contributed by atoms with van der Waals surface area (Å²) in [5, 5.41) is 14.0. The number of benzene rings is 2. The Balaban J connectivity index is 1.73. The zero-order valence-corrected chi connectivity index (χ0v) is 11.7. The number of para-hydroxylation sites is 1. The summed E-state index contributed by atoms with van der Waals surface area (Å²) in [5.74, 6) is 0. The number of hydrogen-bond donors (Lipinski definition) is 2. The van der Waals surface area contributed by atoms with Gasteiger partial charge in [0.05, 0.1) is 23.9 Å². The van der Waals surface area contributed by atoms with Gasteiger partial charge in [-0.05, 0) is 17.7 Å². The second-order valence-electron chi connectivity index (χ2n) is 5.02. The van der Waals surface area contributed by atoms with Crippen LogP contribution in [0.2, 0.25) is 0 Å². The molecule has 0 aliphatic carbocycles. The van der Waals surface area contributed by atoms with Crippen LogP contribution in [0.15, 0.2) is 66.7 Å². The van der Waals surface area contributed by atoms with Crippen molar-refractivity contribution in [2.45, 2.75) is 12.6 Å². The van der Waals surface area contributed by atoms with E-state index in [1.165, 1.54) is 0 Å². The molecule has 0 spiro atoms. The van der Waals surface area contributed by atoms with Crippen LogP contribution >= 0.6 is 0 Å². The standard InChI is InChI=1S/C18H18N2O/c21-13-18(14-6-2-1-3-7-14)19-12-16-11-10-15-8-4-5-9-17(15)20-16/h1-11,18-19,21H,12-13H2/t18-/m1/s1. The van der Waals surface area contributed by atoms with Crippen LogP contribution in [0.5, 0.6) is 0 Å². The molecule has 3 rings (SSSR count). The number of aromatic nitrogens is 1. The number of hydrogen-bond acceptors (Lipinski definition) is 3. The van der Waals surface area contributed by atoms with Crippen LogP contribution in [0.4, 0.5) is 0 Å². The number of rotatable bonds is 5. The average Bonchev–Trinajstić information content (AvgIpc) is 2.56. The molecule has 106 valence electrons. The van der Waals surface area contributed by atoms with Gasteiger partial charge in [-0.3, -0.25) is 4.98 Å². The SMILES string of the molecule is OC[C@@H](NCc1ccc2ccccc2n1)c1ccccc1. The highest BCUT2D eigenvalue weighted by molar-refractivity contribution is 5.78. The highest BCUT2D eigenvalue weighted by Crippen LogP contribution is 2.14. The third-order valence-electron chi connectivity index (χ3n) is 3.57. The second-order valence-corrected chi connectivity index (χ2v) is 5.02. The minimum absolute atomic E-state index is 0.0671. The van der Waals surface area contributed by atoms with Crippen molar-refractivity contribution in [1.82, 2.24) is 10.3 Å². The summed E-state index contributed by atoms with van der Waals surface area (Å²) >= 11 is 0. The fraction of sp³-hybridized carbons (Fsp3) is 0.167. The summed E-state index contributed by atoms with van der Waals surface area (Å²) < 4.78 is 0. The number of aliphatic hydroxyl groups excluding tert-OH is 1. The lowest BCUT2D eigenvalue weighted by Crippen LogP contribution is -2.24. The van der Waals surface area contributed by atoms with Crippen LogP contribution in [0, 0.1) is 0 Å². The van der Waals surface area contributed by atoms with Gasteiger partial charge in [-0.1, -0.05) is 54.6 Å². The Bertz CT molecular complexity index is 712. The molecule has 1 heterocycles. The van der Waals surface area contributed by atoms with Gasteiger partial charge in [-0.25, -0.2) is 0 Å². The Kier molecular flexibility index (Phi) is 4.24. The van der Waals surface area contributed by atoms with Crippen LogP contribution in [-0.4, -0.2) is 16.7 Å². The number of nitrogens with one attached hydrogen (secondary N) is 1. The molecule has 0 aliphatic heterocycles. The molecule has 0 bridgehead atoms. The largest absolute Gasteiger partial charge is 0.394 e. The van der Waals surface area contributed by atoms with Crippen molar-refractivity contribution in [3.63, 3.8) is 0 Å². The minimum Gasteiger partial charge on any atom is -0.394 e. The molecule has 0 unspecified atom stereocenters. The first-order valence-corrected chi connectivity index (χ1v) is 7.10. The molecule has 0 saturated heterocycles. The van der Waals surface area contributed by atoms with Crippen molar-refractivity contribution >= 4 is 10.9 Å². The summed E-state index contributed by atoms with van der Waals surface area (Å²) in [6.07, 6.45) is 0. The van der Waals surface area contributed by atoms with Gasteiger partial charge in [0, 0.05) is 11.9 Å². The molecule has 0 saturated carbocycles. The van der Waals surface area contributed by atoms with E-state index in [4.69, 9.17) is 0 Å². The molecule has 3 heteroatoms. The summed E-state index contributed by atoms with van der Waals surface area (Å²) in [4.78, 5) is 4.63. The van der Waals surface area contributed by atoms with Gasteiger partial charge in [-0.2, -0.15) is 0 Å². The molecule has 0 radical (unpaired) electrons. The molecule has 21 heavy (non-hydrogen) atoms. The summed E-state index contributed by atoms with van der Waals surface area (Å²) in [6, 6.07) is 22.1. The fourth-order valence-corrected chi connectivity index (χ4v) is 2.41. The molecule has 1 aromatic heterocycles. The summed E-state index contributed by atoms with van der Waals surface area (Å²) in [7, 11) is 0. The topological polar surface area (TPSA) is 45.1 Å². The van der Waals surface area contributed by atoms with Gasteiger partial charge in [0.15, 0.2) is 0 Å². The highest BCUT2D eigenvalue weighted by atomic mass is 16.3. The van der Waals surface area contributed by atoms with Crippen molar-refractivity contribution < 1.29 is 5.11 Å². The van der Waals surface area contributed by atoms with Gasteiger partial charge in [0.25, 0.3) is 0 Å². The highest BCUT2D eigenvalue weighted by Gasteiger charge is 2.09. The van der Waals surface area contributed by atoms with Crippen molar-refractivity contribution in [1.29, 1.82) is 0 Å². The Morgan fingerprint density at radius 1 is 0.905 bits per heavy atom. The monoisotopic (exact) mass is 278 g/mol. The molecule has 3 aromatic rings. The quantitative estimate of drug-likeness (QED) is 0.754. The maximum Gasteiger partial charge on any atom is 0.0705 e. The van der Waals surface area contributed by atoms with Gasteiger partial charge in [0.1, 0.15) is 0 Å². The molecule has 2 N–H and O–H groups in total. The smallest absolute Gasteiger partial charge is 0.0705 e. The molecule has 3 nitrogen and oxygen atoms in total. The van der Waals surface area contributed by atoms with E-state index in [2.05, 4.69) is 22.4 Å². The Hall–Kier alpha value is -2.23. The molecular weight excluding hydrogens is 260 g/mol. The van der Waals surface area contributed by atoms with Crippen molar-refractivity contribution in [3.05, 3.63) is 78.0 Å². The number of pyridine rings is 1. The van der Waals surface area contributed by atoms with E-state index in [9.17, 15) is 5.11 Å². The van der Waals surface area contributed by atoms with Gasteiger partial charge in [-0.15, -0.1) is 0 Å². The van der Waals surface area contributed by atoms with Crippen LogP contribution < -0.4 is 5.32 Å². The summed E-state index contributed by atoms with van der Waals surface area (Å²) in [6.45, 7) is 0.697. The maximum atomic E-state index is 9.55. The summed E-state index contributed by atoms with van der Waals surface area (Å²) in [5.41, 5.74) is 3.06. The van der Waals surface area contributed by atoms with Gasteiger partial charge < -0.3 is 10.4 Å². The van der Waals surface area contributed by atoms with Crippen LogP contribution in [-0.2, 0) is 6.54 Å². The first-order chi connectivity index (χ1) is 10.4. The Labute approximate surface area is 124 Å². The van der Waals surface area contributed by atoms with Crippen LogP contribution in [0.1, 0.15) is 17.3 Å². The van der Waals surface area contributed by atoms with Crippen molar-refractivity contribution in [2.75, 3.05) is 6.61 Å². The van der Waals surface area contributed by atoms with Crippen molar-refractivity contribution in [2.24, 2.45) is 0 Å². The molecule has 1 atom stereocenters. The third-order valence-corrected chi connectivity index (χ3v) is 3.57. The van der Waals surface area contributed by atoms with E-state index in [0.717, 1.165) is 22.2 Å². The lowest BCUT2D eigenvalue weighted by atomic mass is 10.1. The Morgan fingerprint density at radius 3 is 2.48 bits per heavy atom. The van der Waals surface area contributed by atoms with E-state index in [1.54, 1.807) is 0 Å². The van der Waals surface area contributed by atoms with Gasteiger partial charge >= 0.3 is 0 Å². The van der Waals surface area contributed by atoms with E-state index in [0.29, 0.717) is 6.54 Å². The molecule has 2 aromatic carbocycles. The van der Waals surface area contributed by atoms with E-state index < -0.39 is 0 Å². The van der Waals surface area contributed by atoms with Crippen molar-refractivity contribution in [3.8, 4) is 0 Å². The number of aliphatic hydroxyl groups is 1. The predicted molar refractivity (Wildman–Crippen MR) is 84.9 cm³/mol. The fourth-order valence-electron chi connectivity index (χ4n) is 2.41. The normalized spacial score (nSPS) is 12.4. The minimum atomic E-state index is -0.0699. The average molecular weight is 278 g/mol. The third kappa shape index (κ3) is 3.27. The first-order valence-electron chi connectivity index (χ1n) is 7.10. The molecule has 0 fully saturated rings. The Morgan fingerprint density at radius 2 is 1.67 bits per heavy atom. The molecular formula is C18H18N2O. The number of fused-ring (bicyclic) bond motifs is 1. The van der Waals surface area contributed by atoms with E-state index in [1.807, 2.05) is 54.6 Å². The van der Waals surface area contributed by atoms with Crippen LogP contribution in [0.3, 0.4) is 0 Å². The maximum absolute atomic E-state index is 9.55. The first kappa shape index (κ1) is 13.7.